The van der Waals surface area contributed by atoms with Crippen LogP contribution in [0.2, 0.25) is 0 Å². The molecule has 0 atom stereocenters. The average molecular weight is 472 g/mol. The van der Waals surface area contributed by atoms with Gasteiger partial charge in [0.2, 0.25) is 0 Å². The monoisotopic (exact) mass is 471 g/mol. The number of amides is 1. The molecule has 35 heavy (non-hydrogen) atoms. The maximum atomic E-state index is 12.8. The van der Waals surface area contributed by atoms with Crippen LogP contribution in [-0.4, -0.2) is 37.1 Å². The predicted octanol–water partition coefficient (Wildman–Crippen LogP) is 4.93. The normalized spacial score (nSPS) is 14.3. The predicted molar refractivity (Wildman–Crippen MR) is 144 cm³/mol. The molecule has 0 aliphatic carbocycles. The van der Waals surface area contributed by atoms with Gasteiger partial charge in [-0.2, -0.15) is 0 Å². The Labute approximate surface area is 209 Å². The lowest BCUT2D eigenvalue weighted by Crippen LogP contribution is -2.59. The molecule has 6 nitrogen and oxygen atoms in total. The molecule has 184 valence electrons. The fourth-order valence-electron chi connectivity index (χ4n) is 5.44. The molecule has 1 aliphatic rings. The summed E-state index contributed by atoms with van der Waals surface area (Å²) in [6.07, 6.45) is 1.68. The van der Waals surface area contributed by atoms with Crippen molar-refractivity contribution in [3.8, 4) is 0 Å². The largest absolute Gasteiger partial charge is 0.372 e. The third-order valence-corrected chi connectivity index (χ3v) is 7.28. The highest BCUT2D eigenvalue weighted by molar-refractivity contribution is 5.95. The average Bonchev–Trinajstić information content (AvgIpc) is 2.87. The summed E-state index contributed by atoms with van der Waals surface area (Å²) in [5.74, 6) is -0.217. The molecule has 0 radical (unpaired) electrons. The van der Waals surface area contributed by atoms with Crippen LogP contribution in [0.4, 0.5) is 11.4 Å². The maximum absolute atomic E-state index is 12.8. The second kappa shape index (κ2) is 10.1. The fraction of sp³-hybridized carbons (Fsp3) is 0.379. The van der Waals surface area contributed by atoms with Gasteiger partial charge in [-0.1, -0.05) is 18.2 Å². The van der Waals surface area contributed by atoms with E-state index in [9.17, 15) is 4.79 Å². The van der Waals surface area contributed by atoms with E-state index in [2.05, 4.69) is 104 Å². The standard InChI is InChI=1S/C29H37N5O/c1-7-33(8-2)22-13-15-24(20(5)18-22)29(26-12-11-17-30-27(26)28(35)31-32-29)25-16-14-23(19-21(25)6)34(9-3)10-4/h11-19,32H,7-10H2,1-6H3,(H,31,35). The summed E-state index contributed by atoms with van der Waals surface area (Å²) in [7, 11) is 0. The quantitative estimate of drug-likeness (QED) is 0.488. The van der Waals surface area contributed by atoms with E-state index in [-0.39, 0.29) is 5.91 Å². The van der Waals surface area contributed by atoms with Crippen LogP contribution in [-0.2, 0) is 5.54 Å². The van der Waals surface area contributed by atoms with Gasteiger partial charge in [0.05, 0.1) is 0 Å². The van der Waals surface area contributed by atoms with Crippen LogP contribution in [0.25, 0.3) is 0 Å². The molecule has 0 unspecified atom stereocenters. The minimum Gasteiger partial charge on any atom is -0.372 e. The van der Waals surface area contributed by atoms with Gasteiger partial charge in [-0.25, -0.2) is 5.43 Å². The number of hydrazine groups is 1. The Hall–Kier alpha value is -3.38. The minimum atomic E-state index is -0.769. The molecule has 3 aromatic rings. The molecule has 2 aromatic carbocycles. The van der Waals surface area contributed by atoms with Crippen LogP contribution in [0.15, 0.2) is 54.7 Å². The van der Waals surface area contributed by atoms with Gasteiger partial charge in [0.25, 0.3) is 5.91 Å². The molecular weight excluding hydrogens is 434 g/mol. The van der Waals surface area contributed by atoms with Crippen LogP contribution < -0.4 is 20.7 Å². The molecule has 0 bridgehead atoms. The van der Waals surface area contributed by atoms with Crippen molar-refractivity contribution in [3.63, 3.8) is 0 Å². The third-order valence-electron chi connectivity index (χ3n) is 7.28. The molecular formula is C29H37N5O. The van der Waals surface area contributed by atoms with E-state index < -0.39 is 5.54 Å². The number of benzene rings is 2. The smallest absolute Gasteiger partial charge is 0.284 e. The molecule has 2 N–H and O–H groups in total. The van der Waals surface area contributed by atoms with Crippen molar-refractivity contribution in [1.29, 1.82) is 0 Å². The van der Waals surface area contributed by atoms with Gasteiger partial charge < -0.3 is 9.80 Å². The highest BCUT2D eigenvalue weighted by atomic mass is 16.2. The lowest BCUT2D eigenvalue weighted by Gasteiger charge is -2.42. The lowest BCUT2D eigenvalue weighted by molar-refractivity contribution is 0.0890. The first-order valence-corrected chi connectivity index (χ1v) is 12.7. The molecule has 0 spiro atoms. The van der Waals surface area contributed by atoms with Gasteiger partial charge in [-0.05, 0) is 94.1 Å². The van der Waals surface area contributed by atoms with Crippen LogP contribution in [0, 0.1) is 13.8 Å². The van der Waals surface area contributed by atoms with E-state index in [0.717, 1.165) is 54.0 Å². The summed E-state index contributed by atoms with van der Waals surface area (Å²) in [6, 6.07) is 17.2. The van der Waals surface area contributed by atoms with Crippen molar-refractivity contribution in [1.82, 2.24) is 15.8 Å². The van der Waals surface area contributed by atoms with E-state index in [4.69, 9.17) is 0 Å². The van der Waals surface area contributed by atoms with Crippen molar-refractivity contribution in [2.75, 3.05) is 36.0 Å². The van der Waals surface area contributed by atoms with Gasteiger partial charge >= 0.3 is 0 Å². The van der Waals surface area contributed by atoms with E-state index in [1.54, 1.807) is 6.20 Å². The van der Waals surface area contributed by atoms with Crippen molar-refractivity contribution in [3.05, 3.63) is 88.2 Å². The summed E-state index contributed by atoms with van der Waals surface area (Å²) in [5.41, 5.74) is 13.8. The van der Waals surface area contributed by atoms with Crippen molar-refractivity contribution in [2.24, 2.45) is 0 Å². The molecule has 2 heterocycles. The number of aromatic nitrogens is 1. The first-order chi connectivity index (χ1) is 16.9. The number of fused-ring (bicyclic) bond motifs is 1. The van der Waals surface area contributed by atoms with E-state index >= 15 is 0 Å². The Morgan fingerprint density at radius 1 is 0.771 bits per heavy atom. The Kier molecular flexibility index (Phi) is 7.13. The number of carbonyl (C=O) groups excluding carboxylic acids is 1. The molecule has 1 amide bonds. The fourth-order valence-corrected chi connectivity index (χ4v) is 5.44. The third kappa shape index (κ3) is 4.16. The van der Waals surface area contributed by atoms with E-state index in [1.807, 2.05) is 12.1 Å². The molecule has 0 fully saturated rings. The summed E-state index contributed by atoms with van der Waals surface area (Å²) < 4.78 is 0. The maximum Gasteiger partial charge on any atom is 0.284 e. The number of pyridine rings is 1. The Balaban J connectivity index is 1.98. The highest BCUT2D eigenvalue weighted by Crippen LogP contribution is 2.43. The molecule has 1 aromatic heterocycles. The number of hydrogen-bond acceptors (Lipinski definition) is 5. The lowest BCUT2D eigenvalue weighted by atomic mass is 9.72. The second-order valence-corrected chi connectivity index (χ2v) is 9.07. The van der Waals surface area contributed by atoms with Crippen LogP contribution in [0.3, 0.4) is 0 Å². The topological polar surface area (TPSA) is 60.5 Å². The SMILES string of the molecule is CCN(CC)c1ccc(C2(c3ccc(N(CC)CC)cc3C)NNC(=O)c3ncccc32)c(C)c1. The number of hydrogen-bond donors (Lipinski definition) is 2. The summed E-state index contributed by atoms with van der Waals surface area (Å²) in [5, 5.41) is 0. The Bertz CT molecular complexity index is 1150. The van der Waals surface area contributed by atoms with Gasteiger partial charge in [-0.15, -0.1) is 0 Å². The minimum absolute atomic E-state index is 0.217. The molecule has 1 aliphatic heterocycles. The summed E-state index contributed by atoms with van der Waals surface area (Å²) in [6.45, 7) is 16.8. The number of aryl methyl sites for hydroxylation is 2. The Morgan fingerprint density at radius 3 is 1.74 bits per heavy atom. The van der Waals surface area contributed by atoms with E-state index in [0.29, 0.717) is 5.69 Å². The van der Waals surface area contributed by atoms with Crippen molar-refractivity contribution in [2.45, 2.75) is 47.1 Å². The second-order valence-electron chi connectivity index (χ2n) is 9.07. The molecule has 0 saturated heterocycles. The van der Waals surface area contributed by atoms with Crippen LogP contribution in [0.1, 0.15) is 66.0 Å². The van der Waals surface area contributed by atoms with Gasteiger partial charge in [-0.3, -0.25) is 15.2 Å². The zero-order chi connectivity index (χ0) is 25.2. The molecule has 6 heteroatoms. The van der Waals surface area contributed by atoms with Crippen molar-refractivity contribution >= 4 is 17.3 Å². The van der Waals surface area contributed by atoms with Gasteiger partial charge in [0.1, 0.15) is 11.2 Å². The van der Waals surface area contributed by atoms with Gasteiger partial charge in [0.15, 0.2) is 0 Å². The van der Waals surface area contributed by atoms with Crippen LogP contribution in [0.5, 0.6) is 0 Å². The number of nitrogens with one attached hydrogen (secondary N) is 2. The van der Waals surface area contributed by atoms with E-state index in [1.165, 1.54) is 11.4 Å². The molecule has 4 rings (SSSR count). The number of anilines is 2. The first kappa shape index (κ1) is 24.7. The zero-order valence-electron chi connectivity index (χ0n) is 21.8. The number of nitrogens with zero attached hydrogens (tertiary/aromatic N) is 3. The van der Waals surface area contributed by atoms with Crippen LogP contribution >= 0.6 is 0 Å². The summed E-state index contributed by atoms with van der Waals surface area (Å²) in [4.78, 5) is 22.0. The number of rotatable bonds is 8. The number of carbonyl (C=O) groups is 1. The summed E-state index contributed by atoms with van der Waals surface area (Å²) >= 11 is 0. The first-order valence-electron chi connectivity index (χ1n) is 12.7. The molecule has 0 saturated carbocycles. The highest BCUT2D eigenvalue weighted by Gasteiger charge is 2.45. The van der Waals surface area contributed by atoms with Gasteiger partial charge in [0, 0.05) is 49.3 Å². The zero-order valence-corrected chi connectivity index (χ0v) is 21.8. The Morgan fingerprint density at radius 2 is 1.29 bits per heavy atom. The van der Waals surface area contributed by atoms with Crippen molar-refractivity contribution < 1.29 is 4.79 Å².